The Morgan fingerprint density at radius 3 is 2.65 bits per heavy atom. The summed E-state index contributed by atoms with van der Waals surface area (Å²) < 4.78 is 18.3. The molecule has 1 atom stereocenters. The maximum absolute atomic E-state index is 12.9. The van der Waals surface area contributed by atoms with Crippen LogP contribution < -0.4 is 10.1 Å². The summed E-state index contributed by atoms with van der Waals surface area (Å²) >= 11 is 5.83. The largest absolute Gasteiger partial charge is 0.491 e. The lowest BCUT2D eigenvalue weighted by Gasteiger charge is -2.17. The van der Waals surface area contributed by atoms with Gasteiger partial charge in [-0.2, -0.15) is 0 Å². The van der Waals surface area contributed by atoms with E-state index in [4.69, 9.17) is 16.3 Å². The van der Waals surface area contributed by atoms with Gasteiger partial charge in [-0.15, -0.1) is 0 Å². The highest BCUT2D eigenvalue weighted by Gasteiger charge is 2.13. The van der Waals surface area contributed by atoms with Crippen molar-refractivity contribution in [2.45, 2.75) is 12.5 Å². The molecule has 0 unspecified atom stereocenters. The van der Waals surface area contributed by atoms with E-state index in [2.05, 4.69) is 5.32 Å². The number of nitrogens with one attached hydrogen (secondary N) is 1. The summed E-state index contributed by atoms with van der Waals surface area (Å²) in [7, 11) is 0. The monoisotopic (exact) mass is 337 g/mol. The standard InChI is InChI=1S/C17H17ClFNO3/c18-14-10-13(19)6-7-16(14)23-9-8-17(22)20-15(11-21)12-4-2-1-3-5-12/h1-7,10,15,21H,8-9,11H2,(H,20,22)/t15-/m1/s1. The highest BCUT2D eigenvalue weighted by Crippen LogP contribution is 2.24. The second-order valence-corrected chi connectivity index (χ2v) is 5.29. The normalized spacial score (nSPS) is 11.8. The Labute approximate surface area is 138 Å². The molecule has 2 N–H and O–H groups in total. The van der Waals surface area contributed by atoms with Crippen molar-refractivity contribution < 1.29 is 19.0 Å². The predicted molar refractivity (Wildman–Crippen MR) is 85.9 cm³/mol. The Morgan fingerprint density at radius 1 is 1.26 bits per heavy atom. The van der Waals surface area contributed by atoms with Gasteiger partial charge in [-0.1, -0.05) is 41.9 Å². The van der Waals surface area contributed by atoms with Gasteiger partial charge in [0.05, 0.1) is 30.7 Å². The minimum atomic E-state index is -0.460. The Morgan fingerprint density at radius 2 is 2.00 bits per heavy atom. The van der Waals surface area contributed by atoms with E-state index >= 15 is 0 Å². The summed E-state index contributed by atoms with van der Waals surface area (Å²) in [6, 6.07) is 12.5. The molecule has 6 heteroatoms. The summed E-state index contributed by atoms with van der Waals surface area (Å²) in [6.45, 7) is -0.0927. The van der Waals surface area contributed by atoms with Gasteiger partial charge in [0, 0.05) is 0 Å². The van der Waals surface area contributed by atoms with Crippen molar-refractivity contribution in [3.8, 4) is 5.75 Å². The van der Waals surface area contributed by atoms with Gasteiger partial charge in [-0.05, 0) is 23.8 Å². The average Bonchev–Trinajstić information content (AvgIpc) is 2.55. The first kappa shape index (κ1) is 17.2. The van der Waals surface area contributed by atoms with Crippen molar-refractivity contribution in [2.75, 3.05) is 13.2 Å². The van der Waals surface area contributed by atoms with Crippen LogP contribution in [0.25, 0.3) is 0 Å². The Hall–Kier alpha value is -2.11. The molecule has 0 heterocycles. The number of hydrogen-bond donors (Lipinski definition) is 2. The molecule has 0 saturated heterocycles. The lowest BCUT2D eigenvalue weighted by molar-refractivity contribution is -0.122. The van der Waals surface area contributed by atoms with Crippen molar-refractivity contribution in [1.82, 2.24) is 5.32 Å². The van der Waals surface area contributed by atoms with Crippen molar-refractivity contribution in [1.29, 1.82) is 0 Å². The van der Waals surface area contributed by atoms with Crippen LogP contribution in [0.4, 0.5) is 4.39 Å². The number of aliphatic hydroxyl groups excluding tert-OH is 1. The van der Waals surface area contributed by atoms with Crippen LogP contribution in [-0.2, 0) is 4.79 Å². The number of ether oxygens (including phenoxy) is 1. The number of carbonyl (C=O) groups is 1. The number of benzene rings is 2. The molecule has 0 aliphatic carbocycles. The van der Waals surface area contributed by atoms with Crippen molar-refractivity contribution in [2.24, 2.45) is 0 Å². The lowest BCUT2D eigenvalue weighted by Crippen LogP contribution is -2.31. The molecular weight excluding hydrogens is 321 g/mol. The molecule has 2 rings (SSSR count). The molecule has 0 bridgehead atoms. The van der Waals surface area contributed by atoms with E-state index < -0.39 is 11.9 Å². The van der Waals surface area contributed by atoms with Crippen LogP contribution in [0.15, 0.2) is 48.5 Å². The summed E-state index contributed by atoms with van der Waals surface area (Å²) in [5, 5.41) is 12.3. The molecular formula is C17H17ClFNO3. The molecule has 0 saturated carbocycles. The third kappa shape index (κ3) is 5.23. The number of rotatable bonds is 7. The molecule has 0 aliphatic heterocycles. The topological polar surface area (TPSA) is 58.6 Å². The van der Waals surface area contributed by atoms with E-state index in [0.717, 1.165) is 11.6 Å². The van der Waals surface area contributed by atoms with Gasteiger partial charge in [-0.3, -0.25) is 4.79 Å². The van der Waals surface area contributed by atoms with Gasteiger partial charge in [0.1, 0.15) is 11.6 Å². The van der Waals surface area contributed by atoms with Crippen molar-refractivity contribution >= 4 is 17.5 Å². The fraction of sp³-hybridized carbons (Fsp3) is 0.235. The van der Waals surface area contributed by atoms with Crippen molar-refractivity contribution in [3.63, 3.8) is 0 Å². The lowest BCUT2D eigenvalue weighted by atomic mass is 10.1. The van der Waals surface area contributed by atoms with Gasteiger partial charge in [0.25, 0.3) is 0 Å². The average molecular weight is 338 g/mol. The van der Waals surface area contributed by atoms with Gasteiger partial charge >= 0.3 is 0 Å². The first-order chi connectivity index (χ1) is 11.1. The molecule has 0 aliphatic rings. The molecule has 2 aromatic carbocycles. The van der Waals surface area contributed by atoms with E-state index in [1.165, 1.54) is 12.1 Å². The highest BCUT2D eigenvalue weighted by atomic mass is 35.5. The fourth-order valence-electron chi connectivity index (χ4n) is 2.03. The minimum absolute atomic E-state index is 0.0943. The van der Waals surface area contributed by atoms with Crippen LogP contribution in [0.3, 0.4) is 0 Å². The fourth-order valence-corrected chi connectivity index (χ4v) is 2.25. The zero-order valence-corrected chi connectivity index (χ0v) is 13.1. The Balaban J connectivity index is 1.82. The summed E-state index contributed by atoms with van der Waals surface area (Å²) in [6.07, 6.45) is 0.0943. The molecule has 23 heavy (non-hydrogen) atoms. The number of carbonyl (C=O) groups excluding carboxylic acids is 1. The summed E-state index contributed by atoms with van der Waals surface area (Å²) in [4.78, 5) is 11.9. The number of hydrogen-bond acceptors (Lipinski definition) is 3. The quantitative estimate of drug-likeness (QED) is 0.816. The van der Waals surface area contributed by atoms with Gasteiger partial charge in [0.15, 0.2) is 0 Å². The van der Waals surface area contributed by atoms with Crippen LogP contribution in [0.5, 0.6) is 5.75 Å². The van der Waals surface area contributed by atoms with Crippen LogP contribution in [-0.4, -0.2) is 24.2 Å². The third-order valence-electron chi connectivity index (χ3n) is 3.20. The van der Waals surface area contributed by atoms with Crippen LogP contribution in [0, 0.1) is 5.82 Å². The maximum atomic E-state index is 12.9. The van der Waals surface area contributed by atoms with Gasteiger partial charge in [-0.25, -0.2) is 4.39 Å². The maximum Gasteiger partial charge on any atom is 0.223 e. The van der Waals surface area contributed by atoms with E-state index in [1.54, 1.807) is 0 Å². The number of aliphatic hydroxyl groups is 1. The van der Waals surface area contributed by atoms with Crippen LogP contribution in [0.1, 0.15) is 18.0 Å². The third-order valence-corrected chi connectivity index (χ3v) is 3.50. The SMILES string of the molecule is O=C(CCOc1ccc(F)cc1Cl)N[C@H](CO)c1ccccc1. The van der Waals surface area contributed by atoms with Gasteiger partial charge in [0.2, 0.25) is 5.91 Å². The molecule has 0 fully saturated rings. The summed E-state index contributed by atoms with van der Waals surface area (Å²) in [5.41, 5.74) is 0.825. The minimum Gasteiger partial charge on any atom is -0.491 e. The van der Waals surface area contributed by atoms with Crippen molar-refractivity contribution in [3.05, 3.63) is 64.9 Å². The first-order valence-electron chi connectivity index (χ1n) is 7.13. The van der Waals surface area contributed by atoms with E-state index in [0.29, 0.717) is 5.75 Å². The zero-order valence-electron chi connectivity index (χ0n) is 12.3. The highest BCUT2D eigenvalue weighted by molar-refractivity contribution is 6.32. The van der Waals surface area contributed by atoms with Crippen LogP contribution >= 0.6 is 11.6 Å². The number of amides is 1. The smallest absolute Gasteiger partial charge is 0.223 e. The number of halogens is 2. The van der Waals surface area contributed by atoms with E-state index in [9.17, 15) is 14.3 Å². The van der Waals surface area contributed by atoms with Crippen LogP contribution in [0.2, 0.25) is 5.02 Å². The predicted octanol–water partition coefficient (Wildman–Crippen LogP) is 3.10. The molecule has 0 spiro atoms. The first-order valence-corrected chi connectivity index (χ1v) is 7.51. The van der Waals surface area contributed by atoms with E-state index in [-0.39, 0.29) is 30.6 Å². The second-order valence-electron chi connectivity index (χ2n) is 4.89. The zero-order chi connectivity index (χ0) is 16.7. The molecule has 4 nitrogen and oxygen atoms in total. The summed E-state index contributed by atoms with van der Waals surface area (Å²) in [5.74, 6) is -0.387. The molecule has 1 amide bonds. The second kappa shape index (κ2) is 8.50. The molecule has 2 aromatic rings. The molecule has 122 valence electrons. The van der Waals surface area contributed by atoms with E-state index in [1.807, 2.05) is 30.3 Å². The molecule has 0 aromatic heterocycles. The Kier molecular flexibility index (Phi) is 6.38. The molecule has 0 radical (unpaired) electrons. The Bertz CT molecular complexity index is 652. The van der Waals surface area contributed by atoms with Gasteiger partial charge < -0.3 is 15.2 Å².